The van der Waals surface area contributed by atoms with E-state index >= 15 is 0 Å². The summed E-state index contributed by atoms with van der Waals surface area (Å²) in [5, 5.41) is 2.76. The Hall–Kier alpha value is -3.80. The van der Waals surface area contributed by atoms with E-state index in [2.05, 4.69) is 5.32 Å². The van der Waals surface area contributed by atoms with Gasteiger partial charge in [0.05, 0.1) is 13.2 Å². The third-order valence-electron chi connectivity index (χ3n) is 5.27. The Morgan fingerprint density at radius 3 is 2.06 bits per heavy atom. The minimum Gasteiger partial charge on any atom is -0.497 e. The van der Waals surface area contributed by atoms with E-state index in [0.29, 0.717) is 0 Å². The summed E-state index contributed by atoms with van der Waals surface area (Å²) in [4.78, 5) is 25.8. The van der Waals surface area contributed by atoms with Gasteiger partial charge in [0, 0.05) is 18.7 Å². The molecule has 0 radical (unpaired) electrons. The number of hydrogen-bond acceptors (Lipinski definition) is 4. The lowest BCUT2D eigenvalue weighted by atomic mass is 9.87. The zero-order valence-corrected chi connectivity index (χ0v) is 17.7. The molecule has 31 heavy (non-hydrogen) atoms. The van der Waals surface area contributed by atoms with E-state index in [4.69, 9.17) is 9.47 Å². The van der Waals surface area contributed by atoms with Crippen molar-refractivity contribution < 1.29 is 19.1 Å². The fourth-order valence-corrected chi connectivity index (χ4v) is 3.66. The molecule has 0 spiro atoms. The summed E-state index contributed by atoms with van der Waals surface area (Å²) >= 11 is 0. The first-order valence-corrected chi connectivity index (χ1v) is 10.0. The van der Waals surface area contributed by atoms with Gasteiger partial charge in [0.2, 0.25) is 5.91 Å². The third-order valence-corrected chi connectivity index (χ3v) is 5.27. The lowest BCUT2D eigenvalue weighted by Gasteiger charge is -2.47. The molecule has 3 aromatic rings. The first kappa shape index (κ1) is 20.5. The third kappa shape index (κ3) is 4.23. The van der Waals surface area contributed by atoms with Crippen LogP contribution >= 0.6 is 0 Å². The summed E-state index contributed by atoms with van der Waals surface area (Å²) in [6.07, 6.45) is 0. The van der Waals surface area contributed by atoms with E-state index in [1.165, 1.54) is 6.92 Å². The van der Waals surface area contributed by atoms with Gasteiger partial charge in [0.15, 0.2) is 0 Å². The van der Waals surface area contributed by atoms with Gasteiger partial charge in [-0.3, -0.25) is 9.59 Å². The number of carbonyl (C=O) groups excluding carboxylic acids is 2. The number of β-lactam (4-membered cyclic amide) rings is 1. The van der Waals surface area contributed by atoms with Gasteiger partial charge in [0.25, 0.3) is 5.91 Å². The van der Waals surface area contributed by atoms with Crippen molar-refractivity contribution in [1.29, 1.82) is 0 Å². The number of rotatable bonds is 4. The highest BCUT2D eigenvalue weighted by Gasteiger charge is 2.49. The first-order valence-electron chi connectivity index (χ1n) is 10.0. The first-order chi connectivity index (χ1) is 15.0. The zero-order chi connectivity index (χ0) is 22.0. The van der Waals surface area contributed by atoms with Gasteiger partial charge < -0.3 is 19.7 Å². The lowest BCUT2D eigenvalue weighted by molar-refractivity contribution is -0.132. The lowest BCUT2D eigenvalue weighted by Crippen LogP contribution is -2.65. The Labute approximate surface area is 181 Å². The average molecular weight is 416 g/mol. The molecule has 158 valence electrons. The minimum absolute atomic E-state index is 0.102. The molecule has 0 saturated carbocycles. The molecule has 3 aliphatic heterocycles. The van der Waals surface area contributed by atoms with Gasteiger partial charge in [-0.25, -0.2) is 0 Å². The van der Waals surface area contributed by atoms with Gasteiger partial charge >= 0.3 is 0 Å². The molecule has 3 aromatic carbocycles. The molecule has 2 atom stereocenters. The summed E-state index contributed by atoms with van der Waals surface area (Å²) in [6, 6.07) is 22.4. The molecule has 2 amide bonds. The highest BCUT2D eigenvalue weighted by Crippen LogP contribution is 2.39. The van der Waals surface area contributed by atoms with Gasteiger partial charge in [-0.1, -0.05) is 35.9 Å². The summed E-state index contributed by atoms with van der Waals surface area (Å²) in [6.45, 7) is 3.43. The van der Waals surface area contributed by atoms with E-state index in [-0.39, 0.29) is 17.9 Å². The Morgan fingerprint density at radius 2 is 1.61 bits per heavy atom. The van der Waals surface area contributed by atoms with Crippen LogP contribution in [-0.2, 0) is 9.59 Å². The molecular formula is C25H24N2O4. The molecule has 0 aliphatic carbocycles. The fourth-order valence-electron chi connectivity index (χ4n) is 3.66. The molecule has 3 aliphatic rings. The number of amides is 2. The fraction of sp³-hybridized carbons (Fsp3) is 0.200. The maximum atomic E-state index is 12.6. The van der Waals surface area contributed by atoms with Crippen molar-refractivity contribution in [3.63, 3.8) is 0 Å². The summed E-state index contributed by atoms with van der Waals surface area (Å²) < 4.78 is 10.2. The topological polar surface area (TPSA) is 67.9 Å². The predicted octanol–water partition coefficient (Wildman–Crippen LogP) is 4.39. The van der Waals surface area contributed by atoms with Crippen molar-refractivity contribution in [3.8, 4) is 17.2 Å². The molecule has 6 nitrogen and oxygen atoms in total. The second-order valence-corrected chi connectivity index (χ2v) is 7.52. The van der Waals surface area contributed by atoms with Crippen molar-refractivity contribution in [2.45, 2.75) is 25.9 Å². The maximum absolute atomic E-state index is 12.6. The number of benzene rings is 3. The largest absolute Gasteiger partial charge is 0.497 e. The number of anilines is 1. The van der Waals surface area contributed by atoms with Crippen molar-refractivity contribution >= 4 is 17.5 Å². The van der Waals surface area contributed by atoms with Gasteiger partial charge in [0.1, 0.15) is 23.3 Å². The normalized spacial score (nSPS) is 17.9. The standard InChI is InChI=1S/C19H20N2O3.C6H4O/c1-12-4-8-15(9-5-12)21-18(17(19(21)23)20-13(2)22)14-6-10-16(24-3)11-7-14;1-2-5-4-6(3-1)7-5/h4-11,17-18H,1-3H3,(H,20,22);1-4H. The van der Waals surface area contributed by atoms with Crippen LogP contribution in [0.5, 0.6) is 17.2 Å². The van der Waals surface area contributed by atoms with Crippen LogP contribution in [0.3, 0.4) is 0 Å². The number of carbonyl (C=O) groups is 2. The molecule has 3 heterocycles. The van der Waals surface area contributed by atoms with Crippen molar-refractivity contribution in [1.82, 2.24) is 5.32 Å². The van der Waals surface area contributed by atoms with Gasteiger partial charge in [-0.2, -0.15) is 0 Å². The molecule has 0 aromatic heterocycles. The van der Waals surface area contributed by atoms with E-state index < -0.39 is 6.04 Å². The summed E-state index contributed by atoms with van der Waals surface area (Å²) in [7, 11) is 1.61. The Morgan fingerprint density at radius 1 is 1.00 bits per heavy atom. The van der Waals surface area contributed by atoms with Gasteiger partial charge in [-0.05, 0) is 48.9 Å². The summed E-state index contributed by atoms with van der Waals surface area (Å²) in [5.41, 5.74) is 2.91. The second-order valence-electron chi connectivity index (χ2n) is 7.52. The number of fused-ring (bicyclic) bond motifs is 2. The van der Waals surface area contributed by atoms with Crippen molar-refractivity contribution in [2.24, 2.45) is 0 Å². The van der Waals surface area contributed by atoms with E-state index in [0.717, 1.165) is 34.1 Å². The van der Waals surface area contributed by atoms with Crippen LogP contribution in [0.4, 0.5) is 5.69 Å². The number of aryl methyl sites for hydroxylation is 1. The smallest absolute Gasteiger partial charge is 0.252 e. The van der Waals surface area contributed by atoms with E-state index in [1.54, 1.807) is 12.0 Å². The number of hydrogen-bond donors (Lipinski definition) is 1. The molecule has 2 bridgehead atoms. The molecular weight excluding hydrogens is 392 g/mol. The monoisotopic (exact) mass is 416 g/mol. The van der Waals surface area contributed by atoms with Crippen LogP contribution in [0.2, 0.25) is 0 Å². The second kappa shape index (κ2) is 8.52. The van der Waals surface area contributed by atoms with Crippen LogP contribution in [-0.4, -0.2) is 25.0 Å². The zero-order valence-electron chi connectivity index (χ0n) is 17.7. The number of nitrogens with one attached hydrogen (secondary N) is 1. The van der Waals surface area contributed by atoms with Crippen molar-refractivity contribution in [3.05, 3.63) is 83.9 Å². The Balaban J connectivity index is 0.000000275. The summed E-state index contributed by atoms with van der Waals surface area (Å²) in [5.74, 6) is 2.41. The van der Waals surface area contributed by atoms with Crippen molar-refractivity contribution in [2.75, 3.05) is 12.0 Å². The number of methoxy groups -OCH3 is 1. The quantitative estimate of drug-likeness (QED) is 0.501. The van der Waals surface area contributed by atoms with Crippen LogP contribution in [0, 0.1) is 6.92 Å². The molecule has 2 unspecified atom stereocenters. The molecule has 1 N–H and O–H groups in total. The van der Waals surface area contributed by atoms with Crippen LogP contribution in [0.25, 0.3) is 0 Å². The maximum Gasteiger partial charge on any atom is 0.252 e. The van der Waals surface area contributed by atoms with Gasteiger partial charge in [-0.15, -0.1) is 0 Å². The minimum atomic E-state index is -0.544. The number of ether oxygens (including phenoxy) is 2. The molecule has 1 fully saturated rings. The van der Waals surface area contributed by atoms with Crippen LogP contribution in [0.15, 0.2) is 72.8 Å². The predicted molar refractivity (Wildman–Crippen MR) is 119 cm³/mol. The Bertz CT molecular complexity index is 1070. The number of nitrogens with zero attached hydrogens (tertiary/aromatic N) is 1. The molecule has 6 rings (SSSR count). The Kier molecular flexibility index (Phi) is 5.62. The highest BCUT2D eigenvalue weighted by molar-refractivity contribution is 6.07. The van der Waals surface area contributed by atoms with Crippen LogP contribution < -0.4 is 19.7 Å². The molecule has 1 saturated heterocycles. The van der Waals surface area contributed by atoms with E-state index in [9.17, 15) is 9.59 Å². The SMILES string of the molecule is COc1ccc(C2C(NC(C)=O)C(=O)N2c2ccc(C)cc2)cc1.c1cc2cc(c1)O2. The average Bonchev–Trinajstić information content (AvgIpc) is 2.77. The van der Waals surface area contributed by atoms with E-state index in [1.807, 2.05) is 79.7 Å². The molecule has 6 heteroatoms. The highest BCUT2D eigenvalue weighted by atomic mass is 16.5. The van der Waals surface area contributed by atoms with Crippen LogP contribution in [0.1, 0.15) is 24.1 Å².